The van der Waals surface area contributed by atoms with Gasteiger partial charge in [-0.2, -0.15) is 0 Å². The van der Waals surface area contributed by atoms with E-state index < -0.39 is 0 Å². The summed E-state index contributed by atoms with van der Waals surface area (Å²) in [6.07, 6.45) is 1.62. The number of aromatic nitrogens is 2. The summed E-state index contributed by atoms with van der Waals surface area (Å²) in [5.41, 5.74) is 2.89. The van der Waals surface area contributed by atoms with Gasteiger partial charge in [0.25, 0.3) is 5.91 Å². The Hall–Kier alpha value is -3.82. The van der Waals surface area contributed by atoms with Crippen LogP contribution in [0.3, 0.4) is 0 Å². The average molecular weight is 477 g/mol. The number of amides is 1. The van der Waals surface area contributed by atoms with Crippen molar-refractivity contribution in [3.63, 3.8) is 0 Å². The van der Waals surface area contributed by atoms with Crippen LogP contribution in [0.1, 0.15) is 32.0 Å². The molecule has 1 aliphatic heterocycles. The van der Waals surface area contributed by atoms with Crippen LogP contribution < -0.4 is 5.32 Å². The quantitative estimate of drug-likeness (QED) is 0.396. The average Bonchev–Trinajstić information content (AvgIpc) is 3.48. The molecule has 0 atom stereocenters. The van der Waals surface area contributed by atoms with E-state index in [-0.39, 0.29) is 17.5 Å². The van der Waals surface area contributed by atoms with Crippen LogP contribution in [0.25, 0.3) is 22.2 Å². The van der Waals surface area contributed by atoms with E-state index in [1.807, 2.05) is 0 Å². The number of fused-ring (bicyclic) bond motifs is 1. The van der Waals surface area contributed by atoms with E-state index in [0.717, 1.165) is 32.8 Å². The Balaban J connectivity index is 1.34. The molecular formula is C26H25FN4O4. The minimum absolute atomic E-state index is 0.170. The molecule has 2 aromatic carbocycles. The van der Waals surface area contributed by atoms with Crippen molar-refractivity contribution in [3.05, 3.63) is 76.9 Å². The third-order valence-corrected chi connectivity index (χ3v) is 6.21. The van der Waals surface area contributed by atoms with Gasteiger partial charge in [0.1, 0.15) is 17.3 Å². The van der Waals surface area contributed by atoms with Gasteiger partial charge < -0.3 is 19.6 Å². The van der Waals surface area contributed by atoms with Crippen LogP contribution >= 0.6 is 0 Å². The Morgan fingerprint density at radius 3 is 2.69 bits per heavy atom. The maximum Gasteiger partial charge on any atom is 0.251 e. The van der Waals surface area contributed by atoms with Crippen LogP contribution in [0, 0.1) is 12.7 Å². The molecule has 1 aliphatic rings. The molecule has 4 aromatic rings. The normalized spacial score (nSPS) is 14.3. The van der Waals surface area contributed by atoms with Crippen LogP contribution in [0.2, 0.25) is 0 Å². The molecule has 0 radical (unpaired) electrons. The first-order chi connectivity index (χ1) is 17.0. The Labute approximate surface area is 201 Å². The lowest BCUT2D eigenvalue weighted by Gasteiger charge is -2.26. The van der Waals surface area contributed by atoms with Crippen LogP contribution in [-0.2, 0) is 4.74 Å². The second-order valence-corrected chi connectivity index (χ2v) is 8.47. The Bertz CT molecular complexity index is 1370. The molecule has 0 spiro atoms. The number of ketones is 1. The zero-order valence-corrected chi connectivity index (χ0v) is 19.3. The Morgan fingerprint density at radius 1 is 1.14 bits per heavy atom. The number of halogens is 1. The summed E-state index contributed by atoms with van der Waals surface area (Å²) in [6, 6.07) is 10.9. The van der Waals surface area contributed by atoms with Gasteiger partial charge >= 0.3 is 0 Å². The van der Waals surface area contributed by atoms with Gasteiger partial charge in [0.15, 0.2) is 0 Å². The number of aromatic amines is 1. The van der Waals surface area contributed by atoms with Crippen molar-refractivity contribution in [1.29, 1.82) is 0 Å². The number of carbonyl (C=O) groups is 2. The predicted octanol–water partition coefficient (Wildman–Crippen LogP) is 3.56. The van der Waals surface area contributed by atoms with E-state index in [4.69, 9.17) is 9.26 Å². The van der Waals surface area contributed by atoms with Crippen LogP contribution in [-0.4, -0.2) is 66.1 Å². The highest BCUT2D eigenvalue weighted by Gasteiger charge is 2.25. The molecule has 1 saturated heterocycles. The first-order valence-electron chi connectivity index (χ1n) is 11.5. The molecule has 1 fully saturated rings. The van der Waals surface area contributed by atoms with Crippen molar-refractivity contribution in [2.75, 3.05) is 39.4 Å². The van der Waals surface area contributed by atoms with Crippen molar-refractivity contribution in [2.45, 2.75) is 6.92 Å². The topological polar surface area (TPSA) is 100 Å². The first-order valence-corrected chi connectivity index (χ1v) is 11.5. The number of ether oxygens (including phenoxy) is 1. The van der Waals surface area contributed by atoms with Gasteiger partial charge in [0.2, 0.25) is 5.78 Å². The largest absolute Gasteiger partial charge is 0.379 e. The summed E-state index contributed by atoms with van der Waals surface area (Å²) in [7, 11) is 0. The van der Waals surface area contributed by atoms with E-state index in [9.17, 15) is 14.0 Å². The highest BCUT2D eigenvalue weighted by molar-refractivity contribution is 6.19. The van der Waals surface area contributed by atoms with E-state index >= 15 is 0 Å². The van der Waals surface area contributed by atoms with Gasteiger partial charge in [-0.3, -0.25) is 14.5 Å². The van der Waals surface area contributed by atoms with Gasteiger partial charge in [0, 0.05) is 60.0 Å². The van der Waals surface area contributed by atoms with E-state index in [1.165, 1.54) is 12.1 Å². The number of aryl methyl sites for hydroxylation is 1. The summed E-state index contributed by atoms with van der Waals surface area (Å²) < 4.78 is 24.0. The van der Waals surface area contributed by atoms with E-state index in [2.05, 4.69) is 20.4 Å². The number of hydrogen-bond donors (Lipinski definition) is 2. The number of benzene rings is 2. The molecule has 0 bridgehead atoms. The molecule has 1 amide bonds. The number of nitrogens with zero attached hydrogens (tertiary/aromatic N) is 2. The maximum atomic E-state index is 13.5. The van der Waals surface area contributed by atoms with Crippen LogP contribution in [0.15, 0.2) is 53.2 Å². The zero-order chi connectivity index (χ0) is 24.4. The summed E-state index contributed by atoms with van der Waals surface area (Å²) >= 11 is 0. The fraction of sp³-hybridized carbons (Fsp3) is 0.269. The van der Waals surface area contributed by atoms with Gasteiger partial charge in [-0.05, 0) is 43.3 Å². The molecule has 2 aromatic heterocycles. The molecule has 0 aliphatic carbocycles. The third kappa shape index (κ3) is 4.73. The van der Waals surface area contributed by atoms with Crippen LogP contribution in [0.5, 0.6) is 0 Å². The monoisotopic (exact) mass is 476 g/mol. The molecule has 9 heteroatoms. The minimum Gasteiger partial charge on any atom is -0.379 e. The standard InChI is InChI=1S/C26H25FN4O4/c1-16-23(24(30-35-16)17-2-5-19(27)6-3-17)25(32)21-15-29-22-14-18(4-7-20(21)22)26(33)28-8-9-31-10-12-34-13-11-31/h2-7,14-15,29H,8-13H2,1H3,(H,28,33). The number of hydrogen-bond acceptors (Lipinski definition) is 6. The van der Waals surface area contributed by atoms with Gasteiger partial charge in [-0.15, -0.1) is 0 Å². The number of carbonyl (C=O) groups excluding carboxylic acids is 2. The van der Waals surface area contributed by atoms with Crippen molar-refractivity contribution in [3.8, 4) is 11.3 Å². The highest BCUT2D eigenvalue weighted by Crippen LogP contribution is 2.30. The summed E-state index contributed by atoms with van der Waals surface area (Å²) in [6.45, 7) is 6.17. The lowest BCUT2D eigenvalue weighted by Crippen LogP contribution is -2.41. The zero-order valence-electron chi connectivity index (χ0n) is 19.3. The lowest BCUT2D eigenvalue weighted by atomic mass is 9.97. The molecule has 0 unspecified atom stereocenters. The Kier molecular flexibility index (Phi) is 6.43. The van der Waals surface area contributed by atoms with Crippen molar-refractivity contribution in [1.82, 2.24) is 20.4 Å². The number of morpholine rings is 1. The van der Waals surface area contributed by atoms with Crippen molar-refractivity contribution >= 4 is 22.6 Å². The van der Waals surface area contributed by atoms with Crippen molar-refractivity contribution < 1.29 is 23.2 Å². The summed E-state index contributed by atoms with van der Waals surface area (Å²) in [5, 5.41) is 7.67. The molecule has 180 valence electrons. The second-order valence-electron chi connectivity index (χ2n) is 8.47. The maximum absolute atomic E-state index is 13.5. The molecule has 35 heavy (non-hydrogen) atoms. The Morgan fingerprint density at radius 2 is 1.91 bits per heavy atom. The van der Waals surface area contributed by atoms with Crippen molar-refractivity contribution in [2.24, 2.45) is 0 Å². The minimum atomic E-state index is -0.376. The molecule has 0 saturated carbocycles. The molecule has 2 N–H and O–H groups in total. The number of H-pyrrole nitrogens is 1. The van der Waals surface area contributed by atoms with Gasteiger partial charge in [-0.1, -0.05) is 11.2 Å². The highest BCUT2D eigenvalue weighted by atomic mass is 19.1. The second kappa shape index (κ2) is 9.81. The third-order valence-electron chi connectivity index (χ3n) is 6.21. The fourth-order valence-corrected chi connectivity index (χ4v) is 4.29. The lowest BCUT2D eigenvalue weighted by molar-refractivity contribution is 0.0383. The SMILES string of the molecule is Cc1onc(-c2ccc(F)cc2)c1C(=O)c1c[nH]c2cc(C(=O)NCCN3CCOCC3)ccc12. The van der Waals surface area contributed by atoms with Crippen LogP contribution in [0.4, 0.5) is 4.39 Å². The smallest absolute Gasteiger partial charge is 0.251 e. The fourth-order valence-electron chi connectivity index (χ4n) is 4.29. The van der Waals surface area contributed by atoms with E-state index in [0.29, 0.717) is 51.2 Å². The molecule has 8 nitrogen and oxygen atoms in total. The molecule has 5 rings (SSSR count). The summed E-state index contributed by atoms with van der Waals surface area (Å²) in [5.74, 6) is -0.438. The number of rotatable bonds is 7. The predicted molar refractivity (Wildman–Crippen MR) is 128 cm³/mol. The van der Waals surface area contributed by atoms with E-state index in [1.54, 1.807) is 43.5 Å². The number of nitrogens with one attached hydrogen (secondary N) is 2. The van der Waals surface area contributed by atoms with Gasteiger partial charge in [0.05, 0.1) is 18.8 Å². The van der Waals surface area contributed by atoms with Gasteiger partial charge in [-0.25, -0.2) is 4.39 Å². The first kappa shape index (κ1) is 22.9. The molecule has 3 heterocycles. The molecular weight excluding hydrogens is 451 g/mol. The summed E-state index contributed by atoms with van der Waals surface area (Å²) in [4.78, 5) is 31.5.